The molecule has 0 radical (unpaired) electrons. The van der Waals surface area contributed by atoms with Crippen molar-refractivity contribution in [2.24, 2.45) is 11.8 Å². The summed E-state index contributed by atoms with van der Waals surface area (Å²) in [4.78, 5) is 14.0. The van der Waals surface area contributed by atoms with Gasteiger partial charge in [-0.2, -0.15) is 0 Å². The van der Waals surface area contributed by atoms with Crippen molar-refractivity contribution in [3.05, 3.63) is 0 Å². The van der Waals surface area contributed by atoms with Gasteiger partial charge in [-0.15, -0.1) is 4.72 Å². The SMILES string of the molecule is C[C@H](N[S+]([O-])C(C)(C)C)[C@@H]1CCN(C(=O)OC(C)(C)C)C[C@@H]1C. The molecule has 23 heavy (non-hydrogen) atoms. The first-order valence-electron chi connectivity index (χ1n) is 8.47. The van der Waals surface area contributed by atoms with E-state index in [0.29, 0.717) is 24.9 Å². The van der Waals surface area contributed by atoms with Crippen LogP contribution in [0.2, 0.25) is 0 Å². The number of piperidine rings is 1. The van der Waals surface area contributed by atoms with Crippen LogP contribution in [0.4, 0.5) is 4.79 Å². The van der Waals surface area contributed by atoms with E-state index in [2.05, 4.69) is 18.6 Å². The van der Waals surface area contributed by atoms with E-state index in [0.717, 1.165) is 6.42 Å². The first-order chi connectivity index (χ1) is 10.3. The molecule has 0 aromatic heterocycles. The summed E-state index contributed by atoms with van der Waals surface area (Å²) in [6.45, 7) is 17.2. The molecule has 0 bridgehead atoms. The molecular weight excluding hydrogens is 312 g/mol. The lowest BCUT2D eigenvalue weighted by Gasteiger charge is -2.40. The molecular formula is C17H34N2O3S. The van der Waals surface area contributed by atoms with Gasteiger partial charge in [-0.3, -0.25) is 0 Å². The molecule has 1 fully saturated rings. The van der Waals surface area contributed by atoms with Crippen LogP contribution in [0.15, 0.2) is 0 Å². The van der Waals surface area contributed by atoms with Gasteiger partial charge in [-0.25, -0.2) is 4.79 Å². The molecule has 1 heterocycles. The van der Waals surface area contributed by atoms with Crippen LogP contribution >= 0.6 is 0 Å². The van der Waals surface area contributed by atoms with Gasteiger partial charge in [0.1, 0.15) is 10.3 Å². The fourth-order valence-corrected chi connectivity index (χ4v) is 3.70. The molecule has 5 nitrogen and oxygen atoms in total. The van der Waals surface area contributed by atoms with Crippen molar-refractivity contribution in [3.8, 4) is 0 Å². The minimum absolute atomic E-state index is 0.158. The fraction of sp³-hybridized carbons (Fsp3) is 0.941. The smallest absolute Gasteiger partial charge is 0.410 e. The molecule has 1 aliphatic heterocycles. The molecule has 6 heteroatoms. The third-order valence-corrected chi connectivity index (χ3v) is 5.81. The third kappa shape index (κ3) is 6.51. The second kappa shape index (κ2) is 7.62. The van der Waals surface area contributed by atoms with Crippen LogP contribution in [-0.2, 0) is 16.1 Å². The van der Waals surface area contributed by atoms with E-state index < -0.39 is 17.0 Å². The summed E-state index contributed by atoms with van der Waals surface area (Å²) in [5.74, 6) is 0.746. The Bertz CT molecular complexity index is 404. The molecule has 0 aromatic rings. The lowest BCUT2D eigenvalue weighted by atomic mass is 9.82. The molecule has 0 saturated carbocycles. The van der Waals surface area contributed by atoms with Crippen molar-refractivity contribution in [3.63, 3.8) is 0 Å². The van der Waals surface area contributed by atoms with Crippen LogP contribution in [0.25, 0.3) is 0 Å². The topological polar surface area (TPSA) is 64.6 Å². The Balaban J connectivity index is 2.57. The maximum Gasteiger partial charge on any atom is 0.410 e. The molecule has 1 unspecified atom stereocenters. The summed E-state index contributed by atoms with van der Waals surface area (Å²) in [5.41, 5.74) is -0.463. The molecule has 4 atom stereocenters. The fourth-order valence-electron chi connectivity index (χ4n) is 2.83. The highest BCUT2D eigenvalue weighted by atomic mass is 32.2. The molecule has 0 spiro atoms. The number of ether oxygens (including phenoxy) is 1. The van der Waals surface area contributed by atoms with E-state index in [4.69, 9.17) is 4.74 Å². The van der Waals surface area contributed by atoms with Crippen LogP contribution < -0.4 is 4.72 Å². The lowest BCUT2D eigenvalue weighted by Crippen LogP contribution is -2.52. The van der Waals surface area contributed by atoms with Gasteiger partial charge < -0.3 is 14.2 Å². The number of carbonyl (C=O) groups excluding carboxylic acids is 1. The highest BCUT2D eigenvalue weighted by Crippen LogP contribution is 2.28. The Kier molecular flexibility index (Phi) is 6.82. The van der Waals surface area contributed by atoms with Crippen molar-refractivity contribution < 1.29 is 14.1 Å². The van der Waals surface area contributed by atoms with Gasteiger partial charge in [0.2, 0.25) is 0 Å². The minimum Gasteiger partial charge on any atom is -0.598 e. The number of carbonyl (C=O) groups is 1. The van der Waals surface area contributed by atoms with Crippen LogP contribution in [0.1, 0.15) is 61.8 Å². The maximum atomic E-state index is 12.3. The Hall–Kier alpha value is -0.460. The molecule has 1 aliphatic rings. The highest BCUT2D eigenvalue weighted by Gasteiger charge is 2.37. The van der Waals surface area contributed by atoms with Crippen molar-refractivity contribution in [1.29, 1.82) is 0 Å². The quantitative estimate of drug-likeness (QED) is 0.796. The molecule has 0 aliphatic carbocycles. The van der Waals surface area contributed by atoms with Crippen LogP contribution in [0, 0.1) is 11.8 Å². The lowest BCUT2D eigenvalue weighted by molar-refractivity contribution is 0.00984. The van der Waals surface area contributed by atoms with Crippen molar-refractivity contribution >= 4 is 17.5 Å². The number of hydrogen-bond donors (Lipinski definition) is 1. The largest absolute Gasteiger partial charge is 0.598 e. The van der Waals surface area contributed by atoms with E-state index in [1.54, 1.807) is 4.90 Å². The maximum absolute atomic E-state index is 12.3. The van der Waals surface area contributed by atoms with Gasteiger partial charge in [-0.1, -0.05) is 6.92 Å². The van der Waals surface area contributed by atoms with Crippen LogP contribution in [0.5, 0.6) is 0 Å². The Morgan fingerprint density at radius 1 is 1.30 bits per heavy atom. The van der Waals surface area contributed by atoms with Crippen LogP contribution in [-0.4, -0.2) is 45.0 Å². The first kappa shape index (κ1) is 20.6. The zero-order chi connectivity index (χ0) is 18.0. The predicted molar refractivity (Wildman–Crippen MR) is 95.6 cm³/mol. The summed E-state index contributed by atoms with van der Waals surface area (Å²) in [7, 11) is 0. The summed E-state index contributed by atoms with van der Waals surface area (Å²) < 4.78 is 20.7. The Morgan fingerprint density at radius 3 is 2.30 bits per heavy atom. The number of nitrogens with one attached hydrogen (secondary N) is 1. The van der Waals surface area contributed by atoms with Gasteiger partial charge in [0.05, 0.1) is 6.04 Å². The molecule has 1 saturated heterocycles. The molecule has 1 amide bonds. The number of amides is 1. The monoisotopic (exact) mass is 346 g/mol. The number of rotatable bonds is 3. The van der Waals surface area contributed by atoms with Gasteiger partial charge in [0.25, 0.3) is 0 Å². The second-order valence-electron chi connectivity index (χ2n) is 8.64. The van der Waals surface area contributed by atoms with Crippen molar-refractivity contribution in [2.75, 3.05) is 13.1 Å². The summed E-state index contributed by atoms with van der Waals surface area (Å²) in [6, 6.07) is 0.158. The minimum atomic E-state index is -1.07. The normalized spacial score (nSPS) is 25.9. The van der Waals surface area contributed by atoms with Gasteiger partial charge in [0.15, 0.2) is 0 Å². The van der Waals surface area contributed by atoms with Crippen molar-refractivity contribution in [1.82, 2.24) is 9.62 Å². The number of nitrogens with zero attached hydrogens (tertiary/aromatic N) is 1. The average molecular weight is 347 g/mol. The van der Waals surface area contributed by atoms with Gasteiger partial charge >= 0.3 is 6.09 Å². The second-order valence-corrected chi connectivity index (χ2v) is 10.6. The Labute approximate surface area is 144 Å². The molecule has 1 rings (SSSR count). The van der Waals surface area contributed by atoms with E-state index in [-0.39, 0.29) is 16.9 Å². The summed E-state index contributed by atoms with van der Waals surface area (Å²) in [6.07, 6.45) is 0.664. The van der Waals surface area contributed by atoms with Crippen LogP contribution in [0.3, 0.4) is 0 Å². The molecule has 1 N–H and O–H groups in total. The average Bonchev–Trinajstić information content (AvgIpc) is 2.34. The summed E-state index contributed by atoms with van der Waals surface area (Å²) >= 11 is -1.07. The van der Waals surface area contributed by atoms with Gasteiger partial charge in [-0.05, 0) is 66.7 Å². The van der Waals surface area contributed by atoms with E-state index >= 15 is 0 Å². The molecule has 136 valence electrons. The third-order valence-electron chi connectivity index (χ3n) is 4.11. The highest BCUT2D eigenvalue weighted by molar-refractivity contribution is 7.90. The first-order valence-corrected chi connectivity index (χ1v) is 9.62. The molecule has 0 aromatic carbocycles. The summed E-state index contributed by atoms with van der Waals surface area (Å²) in [5, 5.41) is 0. The number of hydrogen-bond acceptors (Lipinski definition) is 4. The Morgan fingerprint density at radius 2 is 1.87 bits per heavy atom. The predicted octanol–water partition coefficient (Wildman–Crippen LogP) is 3.32. The van der Waals surface area contributed by atoms with E-state index in [1.165, 1.54) is 0 Å². The number of likely N-dealkylation sites (tertiary alicyclic amines) is 1. The zero-order valence-electron chi connectivity index (χ0n) is 15.9. The standard InChI is InChI=1S/C17H34N2O3S/c1-12-11-19(15(20)22-16(3,4)5)10-9-14(12)13(2)18-23(21)17(6,7)8/h12-14,18H,9-11H2,1-8H3/t12-,13-,14+,23?/m0/s1. The van der Waals surface area contributed by atoms with Crippen molar-refractivity contribution in [2.45, 2.75) is 78.2 Å². The zero-order valence-corrected chi connectivity index (χ0v) is 16.8. The van der Waals surface area contributed by atoms with Gasteiger partial charge in [0, 0.05) is 24.5 Å². The van der Waals surface area contributed by atoms with E-state index in [9.17, 15) is 9.35 Å². The van der Waals surface area contributed by atoms with E-state index in [1.807, 2.05) is 41.5 Å².